The van der Waals surface area contributed by atoms with E-state index in [4.69, 9.17) is 0 Å². The number of fused-ring (bicyclic) bond motifs is 1. The van der Waals surface area contributed by atoms with Crippen LogP contribution in [0.5, 0.6) is 0 Å². The molecule has 98 valence electrons. The van der Waals surface area contributed by atoms with Gasteiger partial charge in [-0.05, 0) is 44.0 Å². The van der Waals surface area contributed by atoms with Gasteiger partial charge in [-0.3, -0.25) is 4.79 Å². The molecular formula is C14H20N2OS. The van der Waals surface area contributed by atoms with Crippen molar-refractivity contribution in [3.63, 3.8) is 0 Å². The quantitative estimate of drug-likeness (QED) is 0.878. The molecule has 4 heteroatoms. The standard InChI is InChI=1S/C14H20N2OS/c1-4-10(8-15-3)11-5-6-13-12(7-11)16-14(17)9(2)18-13/h5-7,9-10,15H,4,8H2,1-3H3,(H,16,17). The predicted octanol–water partition coefficient (Wildman–Crippen LogP) is 2.83. The average molecular weight is 264 g/mol. The number of anilines is 1. The fourth-order valence-electron chi connectivity index (χ4n) is 2.22. The minimum Gasteiger partial charge on any atom is -0.324 e. The second-order valence-electron chi connectivity index (χ2n) is 4.67. The van der Waals surface area contributed by atoms with E-state index in [1.807, 2.05) is 14.0 Å². The number of amides is 1. The molecule has 18 heavy (non-hydrogen) atoms. The maximum atomic E-state index is 11.7. The monoisotopic (exact) mass is 264 g/mol. The molecule has 1 amide bonds. The summed E-state index contributed by atoms with van der Waals surface area (Å²) in [6.07, 6.45) is 1.09. The van der Waals surface area contributed by atoms with Crippen LogP contribution in [-0.2, 0) is 4.79 Å². The highest BCUT2D eigenvalue weighted by Crippen LogP contribution is 2.37. The zero-order valence-corrected chi connectivity index (χ0v) is 11.9. The zero-order valence-electron chi connectivity index (χ0n) is 11.1. The Morgan fingerprint density at radius 2 is 2.28 bits per heavy atom. The Morgan fingerprint density at radius 3 is 2.94 bits per heavy atom. The highest BCUT2D eigenvalue weighted by Gasteiger charge is 2.23. The molecule has 0 bridgehead atoms. The van der Waals surface area contributed by atoms with Crippen molar-refractivity contribution in [2.75, 3.05) is 18.9 Å². The fourth-order valence-corrected chi connectivity index (χ4v) is 3.16. The van der Waals surface area contributed by atoms with Crippen LogP contribution < -0.4 is 10.6 Å². The molecular weight excluding hydrogens is 244 g/mol. The van der Waals surface area contributed by atoms with Gasteiger partial charge >= 0.3 is 0 Å². The van der Waals surface area contributed by atoms with Crippen LogP contribution in [0.2, 0.25) is 0 Å². The summed E-state index contributed by atoms with van der Waals surface area (Å²) in [7, 11) is 1.97. The van der Waals surface area contributed by atoms with Crippen molar-refractivity contribution in [3.8, 4) is 0 Å². The second-order valence-corrected chi connectivity index (χ2v) is 6.05. The minimum atomic E-state index is 0.00244. The van der Waals surface area contributed by atoms with E-state index in [1.54, 1.807) is 11.8 Å². The Balaban J connectivity index is 2.26. The fraction of sp³-hybridized carbons (Fsp3) is 0.500. The van der Waals surface area contributed by atoms with Gasteiger partial charge < -0.3 is 10.6 Å². The average Bonchev–Trinajstić information content (AvgIpc) is 2.37. The Morgan fingerprint density at radius 1 is 1.50 bits per heavy atom. The molecule has 1 aliphatic heterocycles. The summed E-state index contributed by atoms with van der Waals surface area (Å²) < 4.78 is 0. The molecule has 0 saturated heterocycles. The van der Waals surface area contributed by atoms with Crippen LogP contribution >= 0.6 is 11.8 Å². The molecule has 1 aliphatic rings. The Labute approximate surface area is 113 Å². The smallest absolute Gasteiger partial charge is 0.237 e. The highest BCUT2D eigenvalue weighted by atomic mass is 32.2. The first-order valence-corrected chi connectivity index (χ1v) is 7.29. The SMILES string of the molecule is CCC(CNC)c1ccc2c(c1)NC(=O)C(C)S2. The van der Waals surface area contributed by atoms with Crippen LogP contribution in [0.4, 0.5) is 5.69 Å². The third kappa shape index (κ3) is 2.70. The third-order valence-electron chi connectivity index (χ3n) is 3.35. The normalized spacial score (nSPS) is 20.2. The molecule has 3 nitrogen and oxygen atoms in total. The van der Waals surface area contributed by atoms with Gasteiger partial charge in [0, 0.05) is 11.4 Å². The van der Waals surface area contributed by atoms with Gasteiger partial charge in [-0.1, -0.05) is 13.0 Å². The molecule has 2 atom stereocenters. The van der Waals surface area contributed by atoms with Crippen LogP contribution in [0.15, 0.2) is 23.1 Å². The number of hydrogen-bond acceptors (Lipinski definition) is 3. The summed E-state index contributed by atoms with van der Waals surface area (Å²) >= 11 is 1.63. The van der Waals surface area contributed by atoms with E-state index in [2.05, 4.69) is 35.8 Å². The molecule has 0 aromatic heterocycles. The van der Waals surface area contributed by atoms with Crippen molar-refractivity contribution in [3.05, 3.63) is 23.8 Å². The van der Waals surface area contributed by atoms with Gasteiger partial charge in [0.25, 0.3) is 0 Å². The number of hydrogen-bond donors (Lipinski definition) is 2. The Bertz CT molecular complexity index is 447. The number of rotatable bonds is 4. The lowest BCUT2D eigenvalue weighted by Gasteiger charge is -2.23. The third-order valence-corrected chi connectivity index (χ3v) is 4.53. The van der Waals surface area contributed by atoms with Gasteiger partial charge in [-0.25, -0.2) is 0 Å². The number of carbonyl (C=O) groups excluding carboxylic acids is 1. The lowest BCUT2D eigenvalue weighted by Crippen LogP contribution is -2.26. The molecule has 1 aromatic carbocycles. The number of likely N-dealkylation sites (N-methyl/N-ethyl adjacent to an activating group) is 1. The molecule has 1 heterocycles. The van der Waals surface area contributed by atoms with Gasteiger partial charge in [-0.2, -0.15) is 0 Å². The second kappa shape index (κ2) is 5.76. The van der Waals surface area contributed by atoms with Gasteiger partial charge in [0.05, 0.1) is 10.9 Å². The maximum Gasteiger partial charge on any atom is 0.237 e. The number of carbonyl (C=O) groups is 1. The van der Waals surface area contributed by atoms with Crippen molar-refractivity contribution in [2.45, 2.75) is 36.3 Å². The van der Waals surface area contributed by atoms with Gasteiger partial charge in [0.1, 0.15) is 0 Å². The van der Waals surface area contributed by atoms with Crippen LogP contribution in [0, 0.1) is 0 Å². The maximum absolute atomic E-state index is 11.7. The molecule has 1 aromatic rings. The first-order chi connectivity index (χ1) is 8.65. The molecule has 2 unspecified atom stereocenters. The summed E-state index contributed by atoms with van der Waals surface area (Å²) in [5.41, 5.74) is 2.26. The summed E-state index contributed by atoms with van der Waals surface area (Å²) in [4.78, 5) is 12.9. The predicted molar refractivity (Wildman–Crippen MR) is 77.3 cm³/mol. The minimum absolute atomic E-state index is 0.00244. The zero-order chi connectivity index (χ0) is 13.1. The van der Waals surface area contributed by atoms with Crippen molar-refractivity contribution < 1.29 is 4.79 Å². The van der Waals surface area contributed by atoms with E-state index in [1.165, 1.54) is 10.5 Å². The van der Waals surface area contributed by atoms with Crippen LogP contribution in [0.3, 0.4) is 0 Å². The molecule has 0 spiro atoms. The van der Waals surface area contributed by atoms with Crippen molar-refractivity contribution >= 4 is 23.4 Å². The topological polar surface area (TPSA) is 41.1 Å². The van der Waals surface area contributed by atoms with Crippen LogP contribution in [0.1, 0.15) is 31.7 Å². The Hall–Kier alpha value is -1.000. The first kappa shape index (κ1) is 13.4. The summed E-state index contributed by atoms with van der Waals surface area (Å²) in [6, 6.07) is 6.43. The van der Waals surface area contributed by atoms with E-state index in [0.29, 0.717) is 5.92 Å². The summed E-state index contributed by atoms with van der Waals surface area (Å²) in [5, 5.41) is 6.21. The van der Waals surface area contributed by atoms with Gasteiger partial charge in [0.2, 0.25) is 5.91 Å². The lowest BCUT2D eigenvalue weighted by molar-refractivity contribution is -0.115. The number of nitrogens with one attached hydrogen (secondary N) is 2. The van der Waals surface area contributed by atoms with E-state index in [9.17, 15) is 4.79 Å². The lowest BCUT2D eigenvalue weighted by atomic mass is 9.96. The van der Waals surface area contributed by atoms with Crippen molar-refractivity contribution in [1.29, 1.82) is 0 Å². The van der Waals surface area contributed by atoms with E-state index >= 15 is 0 Å². The van der Waals surface area contributed by atoms with E-state index in [0.717, 1.165) is 18.7 Å². The van der Waals surface area contributed by atoms with Crippen molar-refractivity contribution in [1.82, 2.24) is 5.32 Å². The molecule has 2 rings (SSSR count). The van der Waals surface area contributed by atoms with Gasteiger partial charge in [-0.15, -0.1) is 11.8 Å². The molecule has 0 aliphatic carbocycles. The molecule has 0 fully saturated rings. The first-order valence-electron chi connectivity index (χ1n) is 6.41. The number of benzene rings is 1. The largest absolute Gasteiger partial charge is 0.324 e. The summed E-state index contributed by atoms with van der Waals surface area (Å²) in [5.74, 6) is 0.605. The van der Waals surface area contributed by atoms with Gasteiger partial charge in [0.15, 0.2) is 0 Å². The summed E-state index contributed by atoms with van der Waals surface area (Å²) in [6.45, 7) is 5.09. The van der Waals surface area contributed by atoms with E-state index < -0.39 is 0 Å². The molecule has 0 saturated carbocycles. The Kier molecular flexibility index (Phi) is 4.30. The highest BCUT2D eigenvalue weighted by molar-refractivity contribution is 8.00. The van der Waals surface area contributed by atoms with Crippen LogP contribution in [-0.4, -0.2) is 24.7 Å². The van der Waals surface area contributed by atoms with Crippen molar-refractivity contribution in [2.24, 2.45) is 0 Å². The van der Waals surface area contributed by atoms with E-state index in [-0.39, 0.29) is 11.2 Å². The molecule has 0 radical (unpaired) electrons. The molecule has 2 N–H and O–H groups in total. The van der Waals surface area contributed by atoms with Crippen LogP contribution in [0.25, 0.3) is 0 Å². The number of thioether (sulfide) groups is 1.